The van der Waals surface area contributed by atoms with Crippen molar-refractivity contribution in [2.75, 3.05) is 24.0 Å². The molecule has 0 heterocycles. The van der Waals surface area contributed by atoms with Crippen LogP contribution >= 0.6 is 11.6 Å². The standard InChI is InChI=1S/C26H29ClN2O4S/c1-19(2)24-9-4-5-10-25(24)33-16-15-28-26(30)18-29(22-8-6-7-21(27)17-22)34(31,32)23-13-11-20(3)12-14-23/h4-14,17,19H,15-16,18H2,1-3H3,(H,28,30). The molecule has 0 aromatic heterocycles. The van der Waals surface area contributed by atoms with Gasteiger partial charge in [-0.25, -0.2) is 8.42 Å². The second-order valence-corrected chi connectivity index (χ2v) is 10.5. The highest BCUT2D eigenvalue weighted by molar-refractivity contribution is 7.92. The minimum atomic E-state index is -3.99. The highest BCUT2D eigenvalue weighted by atomic mass is 35.5. The summed E-state index contributed by atoms with van der Waals surface area (Å²) >= 11 is 6.10. The minimum Gasteiger partial charge on any atom is -0.491 e. The van der Waals surface area contributed by atoms with Crippen LogP contribution in [0.15, 0.2) is 77.7 Å². The molecule has 0 fully saturated rings. The number of carbonyl (C=O) groups excluding carboxylic acids is 1. The summed E-state index contributed by atoms with van der Waals surface area (Å²) in [5, 5.41) is 3.12. The van der Waals surface area contributed by atoms with Crippen LogP contribution in [0.4, 0.5) is 5.69 Å². The number of para-hydroxylation sites is 1. The van der Waals surface area contributed by atoms with Crippen molar-refractivity contribution in [2.24, 2.45) is 0 Å². The van der Waals surface area contributed by atoms with Crippen molar-refractivity contribution < 1.29 is 17.9 Å². The number of hydrogen-bond acceptors (Lipinski definition) is 4. The first kappa shape index (κ1) is 25.6. The van der Waals surface area contributed by atoms with Crippen LogP contribution in [-0.2, 0) is 14.8 Å². The highest BCUT2D eigenvalue weighted by Crippen LogP contribution is 2.27. The summed E-state index contributed by atoms with van der Waals surface area (Å²) in [7, 11) is -3.99. The summed E-state index contributed by atoms with van der Waals surface area (Å²) in [5.41, 5.74) is 2.33. The third kappa shape index (κ3) is 6.52. The maximum absolute atomic E-state index is 13.4. The number of carbonyl (C=O) groups is 1. The molecule has 0 radical (unpaired) electrons. The Kier molecular flexibility index (Phi) is 8.58. The molecule has 180 valence electrons. The van der Waals surface area contributed by atoms with Crippen LogP contribution in [0.5, 0.6) is 5.75 Å². The number of nitrogens with zero attached hydrogens (tertiary/aromatic N) is 1. The Labute approximate surface area is 206 Å². The van der Waals surface area contributed by atoms with Crippen LogP contribution in [-0.4, -0.2) is 34.0 Å². The molecule has 0 atom stereocenters. The summed E-state index contributed by atoms with van der Waals surface area (Å²) in [4.78, 5) is 12.8. The molecule has 0 aliphatic rings. The Hall–Kier alpha value is -3.03. The average molecular weight is 501 g/mol. The number of anilines is 1. The van der Waals surface area contributed by atoms with E-state index in [-0.39, 0.29) is 24.6 Å². The van der Waals surface area contributed by atoms with E-state index in [2.05, 4.69) is 19.2 Å². The van der Waals surface area contributed by atoms with E-state index in [1.54, 1.807) is 30.3 Å². The predicted octanol–water partition coefficient (Wildman–Crippen LogP) is 5.16. The lowest BCUT2D eigenvalue weighted by Gasteiger charge is -2.24. The number of sulfonamides is 1. The summed E-state index contributed by atoms with van der Waals surface area (Å²) in [6, 6.07) is 20.7. The lowest BCUT2D eigenvalue weighted by molar-refractivity contribution is -0.119. The maximum Gasteiger partial charge on any atom is 0.264 e. The first-order valence-corrected chi connectivity index (χ1v) is 12.8. The summed E-state index contributed by atoms with van der Waals surface area (Å²) in [6.45, 7) is 6.15. The van der Waals surface area contributed by atoms with E-state index >= 15 is 0 Å². The van der Waals surface area contributed by atoms with Gasteiger partial charge in [-0.1, -0.05) is 67.4 Å². The fourth-order valence-corrected chi connectivity index (χ4v) is 5.01. The van der Waals surface area contributed by atoms with Gasteiger partial charge in [0.15, 0.2) is 0 Å². The van der Waals surface area contributed by atoms with E-state index < -0.39 is 15.9 Å². The van der Waals surface area contributed by atoms with Gasteiger partial charge in [0.1, 0.15) is 18.9 Å². The summed E-state index contributed by atoms with van der Waals surface area (Å²) < 4.78 is 33.7. The van der Waals surface area contributed by atoms with Crippen molar-refractivity contribution in [1.29, 1.82) is 0 Å². The molecular weight excluding hydrogens is 472 g/mol. The Morgan fingerprint density at radius 2 is 1.74 bits per heavy atom. The van der Waals surface area contributed by atoms with E-state index in [1.807, 2.05) is 31.2 Å². The maximum atomic E-state index is 13.4. The van der Waals surface area contributed by atoms with Crippen LogP contribution in [0.3, 0.4) is 0 Å². The van der Waals surface area contributed by atoms with Gasteiger partial charge in [-0.15, -0.1) is 0 Å². The number of amides is 1. The largest absolute Gasteiger partial charge is 0.491 e. The van der Waals surface area contributed by atoms with Gasteiger partial charge in [0, 0.05) is 5.02 Å². The van der Waals surface area contributed by atoms with Crippen molar-refractivity contribution in [1.82, 2.24) is 5.32 Å². The van der Waals surface area contributed by atoms with Crippen molar-refractivity contribution in [3.05, 3.63) is 88.9 Å². The zero-order chi connectivity index (χ0) is 24.7. The second-order valence-electron chi connectivity index (χ2n) is 8.20. The minimum absolute atomic E-state index is 0.0968. The molecule has 0 unspecified atom stereocenters. The SMILES string of the molecule is Cc1ccc(S(=O)(=O)N(CC(=O)NCCOc2ccccc2C(C)C)c2cccc(Cl)c2)cc1. The van der Waals surface area contributed by atoms with Crippen LogP contribution in [0, 0.1) is 6.92 Å². The Morgan fingerprint density at radius 1 is 1.03 bits per heavy atom. The molecule has 0 aliphatic heterocycles. The van der Waals surface area contributed by atoms with Gasteiger partial charge in [0.05, 0.1) is 17.1 Å². The molecule has 8 heteroatoms. The van der Waals surface area contributed by atoms with Gasteiger partial charge in [0.25, 0.3) is 10.0 Å². The Balaban J connectivity index is 1.70. The van der Waals surface area contributed by atoms with Crippen molar-refractivity contribution in [2.45, 2.75) is 31.6 Å². The van der Waals surface area contributed by atoms with Gasteiger partial charge in [0.2, 0.25) is 5.91 Å². The van der Waals surface area contributed by atoms with Crippen LogP contribution in [0.2, 0.25) is 5.02 Å². The second kappa shape index (κ2) is 11.4. The molecule has 3 rings (SSSR count). The molecule has 0 aliphatic carbocycles. The van der Waals surface area contributed by atoms with E-state index in [0.717, 1.165) is 21.2 Å². The number of benzene rings is 3. The molecule has 3 aromatic carbocycles. The van der Waals surface area contributed by atoms with Gasteiger partial charge in [-0.3, -0.25) is 9.10 Å². The molecule has 34 heavy (non-hydrogen) atoms. The molecule has 3 aromatic rings. The van der Waals surface area contributed by atoms with Crippen LogP contribution < -0.4 is 14.4 Å². The van der Waals surface area contributed by atoms with Crippen molar-refractivity contribution in [3.63, 3.8) is 0 Å². The third-order valence-corrected chi connectivity index (χ3v) is 7.24. The number of hydrogen-bond donors (Lipinski definition) is 1. The van der Waals surface area contributed by atoms with E-state index in [1.165, 1.54) is 18.2 Å². The van der Waals surface area contributed by atoms with Gasteiger partial charge < -0.3 is 10.1 Å². The Bertz CT molecular complexity index is 1230. The predicted molar refractivity (Wildman–Crippen MR) is 136 cm³/mol. The molecular formula is C26H29ClN2O4S. The van der Waals surface area contributed by atoms with E-state index in [4.69, 9.17) is 16.3 Å². The Morgan fingerprint density at radius 3 is 2.41 bits per heavy atom. The van der Waals surface area contributed by atoms with Crippen molar-refractivity contribution in [3.8, 4) is 5.75 Å². The number of ether oxygens (including phenoxy) is 1. The molecule has 0 saturated heterocycles. The quantitative estimate of drug-likeness (QED) is 0.390. The van der Waals surface area contributed by atoms with Gasteiger partial charge >= 0.3 is 0 Å². The van der Waals surface area contributed by atoms with Crippen LogP contribution in [0.25, 0.3) is 0 Å². The molecule has 0 bridgehead atoms. The molecule has 6 nitrogen and oxygen atoms in total. The van der Waals surface area contributed by atoms with Gasteiger partial charge in [-0.05, 0) is 54.8 Å². The molecule has 1 N–H and O–H groups in total. The fourth-order valence-electron chi connectivity index (χ4n) is 3.41. The van der Waals surface area contributed by atoms with Gasteiger partial charge in [-0.2, -0.15) is 0 Å². The fraction of sp³-hybridized carbons (Fsp3) is 0.269. The monoisotopic (exact) mass is 500 g/mol. The first-order chi connectivity index (χ1) is 16.2. The lowest BCUT2D eigenvalue weighted by Crippen LogP contribution is -2.42. The number of rotatable bonds is 10. The van der Waals surface area contributed by atoms with Crippen molar-refractivity contribution >= 4 is 33.2 Å². The topological polar surface area (TPSA) is 75.7 Å². The summed E-state index contributed by atoms with van der Waals surface area (Å²) in [5.74, 6) is 0.634. The molecule has 0 saturated carbocycles. The smallest absolute Gasteiger partial charge is 0.264 e. The third-order valence-electron chi connectivity index (χ3n) is 5.22. The highest BCUT2D eigenvalue weighted by Gasteiger charge is 2.27. The number of nitrogens with one attached hydrogen (secondary N) is 1. The number of aryl methyl sites for hydroxylation is 1. The van der Waals surface area contributed by atoms with Crippen LogP contribution in [0.1, 0.15) is 30.9 Å². The number of halogens is 1. The first-order valence-electron chi connectivity index (χ1n) is 11.0. The summed E-state index contributed by atoms with van der Waals surface area (Å²) in [6.07, 6.45) is 0. The van der Waals surface area contributed by atoms with E-state index in [9.17, 15) is 13.2 Å². The van der Waals surface area contributed by atoms with E-state index in [0.29, 0.717) is 16.6 Å². The zero-order valence-corrected chi connectivity index (χ0v) is 21.1. The zero-order valence-electron chi connectivity index (χ0n) is 19.5. The average Bonchev–Trinajstić information content (AvgIpc) is 2.80. The molecule has 0 spiro atoms. The molecule has 1 amide bonds. The normalized spacial score (nSPS) is 11.3. The lowest BCUT2D eigenvalue weighted by atomic mass is 10.0.